The summed E-state index contributed by atoms with van der Waals surface area (Å²) in [6.07, 6.45) is 3.85. The average Bonchev–Trinajstić information content (AvgIpc) is 2.47. The molecule has 0 heterocycles. The molecule has 2 unspecified atom stereocenters. The summed E-state index contributed by atoms with van der Waals surface area (Å²) in [6, 6.07) is 5.95. The molecule has 2 atom stereocenters. The lowest BCUT2D eigenvalue weighted by atomic mass is 9.85. The molecule has 1 saturated carbocycles. The van der Waals surface area contributed by atoms with Gasteiger partial charge in [-0.2, -0.15) is 8.78 Å². The second-order valence-corrected chi connectivity index (χ2v) is 6.40. The second kappa shape index (κ2) is 8.33. The van der Waals surface area contributed by atoms with Crippen LogP contribution in [0.1, 0.15) is 25.7 Å². The number of carbonyl (C=O) groups excluding carboxylic acids is 1. The van der Waals surface area contributed by atoms with E-state index in [4.69, 9.17) is 0 Å². The van der Waals surface area contributed by atoms with Gasteiger partial charge in [-0.05, 0) is 31.0 Å². The van der Waals surface area contributed by atoms with Gasteiger partial charge in [-0.3, -0.25) is 0 Å². The van der Waals surface area contributed by atoms with Crippen LogP contribution in [0.3, 0.4) is 0 Å². The highest BCUT2D eigenvalue weighted by Gasteiger charge is 2.25. The van der Waals surface area contributed by atoms with Crippen LogP contribution in [-0.4, -0.2) is 29.5 Å². The first-order chi connectivity index (χ1) is 10.6. The Morgan fingerprint density at radius 3 is 2.86 bits per heavy atom. The van der Waals surface area contributed by atoms with E-state index in [-0.39, 0.29) is 24.6 Å². The van der Waals surface area contributed by atoms with Gasteiger partial charge < -0.3 is 15.7 Å². The third-order valence-electron chi connectivity index (χ3n) is 3.78. The normalized spacial score (nSPS) is 21.6. The Bertz CT molecular complexity index is 502. The summed E-state index contributed by atoms with van der Waals surface area (Å²) in [4.78, 5) is 12.4. The summed E-state index contributed by atoms with van der Waals surface area (Å²) >= 11 is 0.441. The van der Waals surface area contributed by atoms with Crippen molar-refractivity contribution in [1.29, 1.82) is 0 Å². The number of thioether (sulfide) groups is 1. The first-order valence-electron chi connectivity index (χ1n) is 7.31. The number of anilines is 1. The Morgan fingerprint density at radius 2 is 2.14 bits per heavy atom. The molecule has 1 aromatic carbocycles. The fourth-order valence-electron chi connectivity index (χ4n) is 2.70. The van der Waals surface area contributed by atoms with Crippen molar-refractivity contribution in [3.8, 4) is 0 Å². The minimum atomic E-state index is -2.49. The lowest BCUT2D eigenvalue weighted by Crippen LogP contribution is -2.45. The van der Waals surface area contributed by atoms with Crippen molar-refractivity contribution in [3.05, 3.63) is 24.3 Å². The molecule has 7 heteroatoms. The van der Waals surface area contributed by atoms with E-state index < -0.39 is 5.76 Å². The summed E-state index contributed by atoms with van der Waals surface area (Å²) < 4.78 is 24.7. The number of alkyl halides is 2. The second-order valence-electron chi connectivity index (χ2n) is 5.34. The number of urea groups is 1. The molecule has 0 aromatic heterocycles. The Hall–Kier alpha value is -1.34. The fraction of sp³-hybridized carbons (Fsp3) is 0.533. The van der Waals surface area contributed by atoms with Gasteiger partial charge in [0.1, 0.15) is 0 Å². The molecular weight excluding hydrogens is 310 g/mol. The average molecular weight is 330 g/mol. The minimum Gasteiger partial charge on any atom is -0.396 e. The molecule has 1 fully saturated rings. The molecule has 3 N–H and O–H groups in total. The van der Waals surface area contributed by atoms with Crippen molar-refractivity contribution in [2.45, 2.75) is 42.4 Å². The lowest BCUT2D eigenvalue weighted by Gasteiger charge is -2.30. The highest BCUT2D eigenvalue weighted by Crippen LogP contribution is 2.27. The van der Waals surface area contributed by atoms with E-state index in [1.807, 2.05) is 0 Å². The van der Waals surface area contributed by atoms with E-state index in [0.717, 1.165) is 25.7 Å². The number of amides is 2. The molecule has 122 valence electrons. The zero-order chi connectivity index (χ0) is 15.9. The summed E-state index contributed by atoms with van der Waals surface area (Å²) in [7, 11) is 0. The Kier molecular flexibility index (Phi) is 6.45. The van der Waals surface area contributed by atoms with Gasteiger partial charge >= 0.3 is 6.03 Å². The molecule has 2 amide bonds. The SMILES string of the molecule is O=C(Nc1cccc(SC(F)F)c1)NC1CCCCC1CO. The molecule has 0 saturated heterocycles. The number of rotatable bonds is 5. The van der Waals surface area contributed by atoms with Gasteiger partial charge in [-0.15, -0.1) is 0 Å². The van der Waals surface area contributed by atoms with Crippen LogP contribution in [0.25, 0.3) is 0 Å². The van der Waals surface area contributed by atoms with Crippen molar-refractivity contribution in [2.24, 2.45) is 5.92 Å². The monoisotopic (exact) mass is 330 g/mol. The lowest BCUT2D eigenvalue weighted by molar-refractivity contribution is 0.156. The molecule has 2 rings (SSSR count). The zero-order valence-electron chi connectivity index (χ0n) is 12.1. The quantitative estimate of drug-likeness (QED) is 0.722. The maximum Gasteiger partial charge on any atom is 0.319 e. The largest absolute Gasteiger partial charge is 0.396 e. The minimum absolute atomic E-state index is 0.0441. The molecular formula is C15H20F2N2O2S. The highest BCUT2D eigenvalue weighted by atomic mass is 32.2. The number of hydrogen-bond acceptors (Lipinski definition) is 3. The molecule has 1 aliphatic carbocycles. The highest BCUT2D eigenvalue weighted by molar-refractivity contribution is 7.99. The van der Waals surface area contributed by atoms with Gasteiger partial charge in [0.15, 0.2) is 0 Å². The molecule has 22 heavy (non-hydrogen) atoms. The van der Waals surface area contributed by atoms with Crippen LogP contribution in [0.5, 0.6) is 0 Å². The fourth-order valence-corrected chi connectivity index (χ4v) is 3.26. The Balaban J connectivity index is 1.91. The third-order valence-corrected chi connectivity index (χ3v) is 4.48. The van der Waals surface area contributed by atoms with Crippen LogP contribution in [0.4, 0.5) is 19.3 Å². The van der Waals surface area contributed by atoms with Crippen LogP contribution in [-0.2, 0) is 0 Å². The first-order valence-corrected chi connectivity index (χ1v) is 8.19. The number of aliphatic hydroxyl groups is 1. The van der Waals surface area contributed by atoms with Gasteiger partial charge in [-0.25, -0.2) is 4.79 Å². The molecule has 0 spiro atoms. The molecule has 4 nitrogen and oxygen atoms in total. The van der Waals surface area contributed by atoms with Gasteiger partial charge in [0.25, 0.3) is 5.76 Å². The van der Waals surface area contributed by atoms with Gasteiger partial charge in [0, 0.05) is 29.1 Å². The van der Waals surface area contributed by atoms with E-state index in [9.17, 15) is 18.7 Å². The van der Waals surface area contributed by atoms with Crippen LogP contribution < -0.4 is 10.6 Å². The van der Waals surface area contributed by atoms with E-state index in [1.54, 1.807) is 18.2 Å². The molecule has 0 aliphatic heterocycles. The van der Waals surface area contributed by atoms with E-state index in [2.05, 4.69) is 10.6 Å². The summed E-state index contributed by atoms with van der Waals surface area (Å²) in [5.41, 5.74) is 0.472. The number of halogens is 2. The molecule has 1 aromatic rings. The van der Waals surface area contributed by atoms with Crippen molar-refractivity contribution < 1.29 is 18.7 Å². The standard InChI is InChI=1S/C15H20F2N2O2S/c16-14(17)22-12-6-3-5-11(8-12)18-15(21)19-13-7-2-1-4-10(13)9-20/h3,5-6,8,10,13-14,20H,1-2,4,7,9H2,(H2,18,19,21). The van der Waals surface area contributed by atoms with Crippen molar-refractivity contribution in [2.75, 3.05) is 11.9 Å². The van der Waals surface area contributed by atoms with Crippen LogP contribution in [0.2, 0.25) is 0 Å². The maximum absolute atomic E-state index is 12.3. The van der Waals surface area contributed by atoms with Crippen LogP contribution in [0.15, 0.2) is 29.2 Å². The number of nitrogens with one attached hydrogen (secondary N) is 2. The van der Waals surface area contributed by atoms with Gasteiger partial charge in [0.05, 0.1) is 0 Å². The van der Waals surface area contributed by atoms with Crippen LogP contribution >= 0.6 is 11.8 Å². The predicted octanol–water partition coefficient (Wildman–Crippen LogP) is 3.67. The number of hydrogen-bond donors (Lipinski definition) is 3. The maximum atomic E-state index is 12.3. The van der Waals surface area contributed by atoms with E-state index in [0.29, 0.717) is 22.3 Å². The molecule has 0 bridgehead atoms. The summed E-state index contributed by atoms with van der Waals surface area (Å²) in [5.74, 6) is -2.41. The first kappa shape index (κ1) is 17.0. The molecule has 1 aliphatic rings. The number of benzene rings is 1. The predicted molar refractivity (Wildman–Crippen MR) is 83.3 cm³/mol. The summed E-state index contributed by atoms with van der Waals surface area (Å²) in [5, 5.41) is 14.9. The van der Waals surface area contributed by atoms with Gasteiger partial charge in [0.2, 0.25) is 0 Å². The number of carbonyl (C=O) groups is 1. The zero-order valence-corrected chi connectivity index (χ0v) is 12.9. The van der Waals surface area contributed by atoms with Crippen molar-refractivity contribution in [3.63, 3.8) is 0 Å². The Morgan fingerprint density at radius 1 is 1.36 bits per heavy atom. The van der Waals surface area contributed by atoms with Crippen LogP contribution in [0, 0.1) is 5.92 Å². The molecule has 0 radical (unpaired) electrons. The number of aliphatic hydroxyl groups excluding tert-OH is 1. The topological polar surface area (TPSA) is 61.4 Å². The smallest absolute Gasteiger partial charge is 0.319 e. The third kappa shape index (κ3) is 5.14. The Labute approximate surface area is 132 Å². The van der Waals surface area contributed by atoms with E-state index >= 15 is 0 Å². The van der Waals surface area contributed by atoms with Crippen molar-refractivity contribution in [1.82, 2.24) is 5.32 Å². The van der Waals surface area contributed by atoms with E-state index in [1.165, 1.54) is 6.07 Å². The summed E-state index contributed by atoms with van der Waals surface area (Å²) in [6.45, 7) is 0.0610. The van der Waals surface area contributed by atoms with Gasteiger partial charge in [-0.1, -0.05) is 30.7 Å². The van der Waals surface area contributed by atoms with Crippen molar-refractivity contribution >= 4 is 23.5 Å².